The van der Waals surface area contributed by atoms with Gasteiger partial charge in [-0.2, -0.15) is 0 Å². The zero-order chi connectivity index (χ0) is 12.5. The molecule has 2 nitrogen and oxygen atoms in total. The lowest BCUT2D eigenvalue weighted by Gasteiger charge is -2.23. The maximum atomic E-state index is 13.6. The van der Waals surface area contributed by atoms with Crippen LogP contribution in [0.15, 0.2) is 12.1 Å². The molecule has 0 aliphatic carbocycles. The minimum absolute atomic E-state index is 0.201. The molecule has 1 rings (SSSR count). The third kappa shape index (κ3) is 2.51. The summed E-state index contributed by atoms with van der Waals surface area (Å²) in [6.45, 7) is 3.43. The van der Waals surface area contributed by atoms with Gasteiger partial charge in [-0.3, -0.25) is 0 Å². The highest BCUT2D eigenvalue weighted by atomic mass is 35.5. The van der Waals surface area contributed by atoms with Gasteiger partial charge in [0.05, 0.1) is 17.2 Å². The predicted molar refractivity (Wildman–Crippen MR) is 59.1 cm³/mol. The summed E-state index contributed by atoms with van der Waals surface area (Å²) in [6, 6.07) is 1.02. The first-order valence-electron chi connectivity index (χ1n) is 4.93. The summed E-state index contributed by atoms with van der Waals surface area (Å²) in [6.07, 6.45) is -1.03. The molecule has 1 aromatic rings. The van der Waals surface area contributed by atoms with Gasteiger partial charge in [0.15, 0.2) is 0 Å². The molecular weight excluding hydrogens is 236 g/mol. The summed E-state index contributed by atoms with van der Waals surface area (Å²) >= 11 is 5.54. The second-order valence-corrected chi connectivity index (χ2v) is 4.42. The maximum Gasteiger partial charge on any atom is 0.149 e. The van der Waals surface area contributed by atoms with Crippen LogP contribution in [-0.4, -0.2) is 11.2 Å². The lowest BCUT2D eigenvalue weighted by atomic mass is 9.94. The Labute approximate surface area is 98.0 Å². The highest BCUT2D eigenvalue weighted by Crippen LogP contribution is 2.28. The molecule has 16 heavy (non-hydrogen) atoms. The Morgan fingerprint density at radius 2 is 1.88 bits per heavy atom. The largest absolute Gasteiger partial charge is 0.391 e. The van der Waals surface area contributed by atoms with Crippen molar-refractivity contribution in [2.24, 2.45) is 11.7 Å². The van der Waals surface area contributed by atoms with E-state index in [9.17, 15) is 13.9 Å². The van der Waals surface area contributed by atoms with Gasteiger partial charge in [0.1, 0.15) is 11.6 Å². The quantitative estimate of drug-likeness (QED) is 0.809. The van der Waals surface area contributed by atoms with Gasteiger partial charge in [-0.25, -0.2) is 8.78 Å². The molecule has 0 unspecified atom stereocenters. The van der Waals surface area contributed by atoms with Crippen LogP contribution in [0.1, 0.15) is 25.5 Å². The van der Waals surface area contributed by atoms with Crippen molar-refractivity contribution in [1.82, 2.24) is 0 Å². The topological polar surface area (TPSA) is 46.2 Å². The van der Waals surface area contributed by atoms with Crippen molar-refractivity contribution in [1.29, 1.82) is 0 Å². The van der Waals surface area contributed by atoms with E-state index < -0.39 is 23.8 Å². The Kier molecular flexibility index (Phi) is 4.24. The molecule has 3 N–H and O–H groups in total. The van der Waals surface area contributed by atoms with Crippen LogP contribution in [0.3, 0.4) is 0 Å². The number of benzene rings is 1. The molecule has 0 aliphatic heterocycles. The van der Waals surface area contributed by atoms with Gasteiger partial charge < -0.3 is 10.8 Å². The van der Waals surface area contributed by atoms with Gasteiger partial charge in [0.25, 0.3) is 0 Å². The molecule has 0 bridgehead atoms. The first-order chi connectivity index (χ1) is 7.36. The van der Waals surface area contributed by atoms with Gasteiger partial charge in [-0.15, -0.1) is 0 Å². The molecule has 0 saturated heterocycles. The van der Waals surface area contributed by atoms with Crippen LogP contribution < -0.4 is 5.73 Å². The van der Waals surface area contributed by atoms with E-state index >= 15 is 0 Å². The van der Waals surface area contributed by atoms with Crippen molar-refractivity contribution < 1.29 is 13.9 Å². The highest BCUT2D eigenvalue weighted by molar-refractivity contribution is 6.30. The fourth-order valence-electron chi connectivity index (χ4n) is 1.43. The average molecular weight is 250 g/mol. The first-order valence-corrected chi connectivity index (χ1v) is 5.31. The van der Waals surface area contributed by atoms with Gasteiger partial charge in [0, 0.05) is 5.56 Å². The van der Waals surface area contributed by atoms with Crippen LogP contribution in [-0.2, 0) is 0 Å². The molecule has 0 spiro atoms. The zero-order valence-electron chi connectivity index (χ0n) is 9.05. The Hall–Kier alpha value is -0.710. The number of hydrogen-bond acceptors (Lipinski definition) is 2. The van der Waals surface area contributed by atoms with Crippen molar-refractivity contribution in [2.75, 3.05) is 0 Å². The smallest absolute Gasteiger partial charge is 0.149 e. The third-order valence-electron chi connectivity index (χ3n) is 2.46. The number of aliphatic hydroxyl groups is 1. The Morgan fingerprint density at radius 1 is 1.31 bits per heavy atom. The van der Waals surface area contributed by atoms with E-state index in [0.717, 1.165) is 12.1 Å². The third-order valence-corrected chi connectivity index (χ3v) is 2.76. The van der Waals surface area contributed by atoms with Crippen LogP contribution in [0.2, 0.25) is 5.02 Å². The van der Waals surface area contributed by atoms with Crippen molar-refractivity contribution in [3.05, 3.63) is 34.4 Å². The van der Waals surface area contributed by atoms with Crippen LogP contribution in [0.4, 0.5) is 8.78 Å². The van der Waals surface area contributed by atoms with Crippen LogP contribution in [0.5, 0.6) is 0 Å². The second kappa shape index (κ2) is 5.08. The maximum absolute atomic E-state index is 13.6. The molecule has 0 heterocycles. The SMILES string of the molecule is CC(C)[C@H](O)[C@H](N)c1c(F)ccc(Cl)c1F. The van der Waals surface area contributed by atoms with E-state index in [4.69, 9.17) is 17.3 Å². The number of rotatable bonds is 3. The Balaban J connectivity index is 3.17. The standard InChI is InChI=1S/C11H14ClF2NO/c1-5(2)11(16)10(15)8-7(13)4-3-6(12)9(8)14/h3-5,10-11,16H,15H2,1-2H3/t10-,11+/m1/s1. The van der Waals surface area contributed by atoms with E-state index in [2.05, 4.69) is 0 Å². The van der Waals surface area contributed by atoms with Gasteiger partial charge in [0.2, 0.25) is 0 Å². The summed E-state index contributed by atoms with van der Waals surface area (Å²) in [5.41, 5.74) is 5.25. The van der Waals surface area contributed by atoms with Crippen LogP contribution in [0, 0.1) is 17.6 Å². The summed E-state index contributed by atoms with van der Waals surface area (Å²) in [7, 11) is 0. The fraction of sp³-hybridized carbons (Fsp3) is 0.455. The van der Waals surface area contributed by atoms with Crippen molar-refractivity contribution >= 4 is 11.6 Å². The molecule has 0 saturated carbocycles. The lowest BCUT2D eigenvalue weighted by molar-refractivity contribution is 0.0952. The number of hydrogen-bond donors (Lipinski definition) is 2. The van der Waals surface area contributed by atoms with Crippen molar-refractivity contribution in [3.63, 3.8) is 0 Å². The normalized spacial score (nSPS) is 15.2. The molecule has 0 fully saturated rings. The molecular formula is C11H14ClF2NO. The summed E-state index contributed by atoms with van der Waals surface area (Å²) in [5, 5.41) is 9.48. The monoisotopic (exact) mass is 249 g/mol. The summed E-state index contributed by atoms with van der Waals surface area (Å²) in [4.78, 5) is 0. The van der Waals surface area contributed by atoms with E-state index in [0.29, 0.717) is 0 Å². The molecule has 0 aliphatic rings. The summed E-state index contributed by atoms with van der Waals surface area (Å²) < 4.78 is 27.0. The fourth-order valence-corrected chi connectivity index (χ4v) is 1.60. The van der Waals surface area contributed by atoms with E-state index in [1.165, 1.54) is 0 Å². The average Bonchev–Trinajstić information content (AvgIpc) is 2.22. The van der Waals surface area contributed by atoms with Crippen LogP contribution >= 0.6 is 11.6 Å². The number of halogens is 3. The second-order valence-electron chi connectivity index (χ2n) is 4.02. The first kappa shape index (κ1) is 13.4. The lowest BCUT2D eigenvalue weighted by Crippen LogP contribution is -2.32. The van der Waals surface area contributed by atoms with E-state index in [-0.39, 0.29) is 16.5 Å². The molecule has 0 amide bonds. The van der Waals surface area contributed by atoms with E-state index in [1.807, 2.05) is 0 Å². The van der Waals surface area contributed by atoms with Crippen molar-refractivity contribution in [3.8, 4) is 0 Å². The minimum atomic E-state index is -1.13. The molecule has 90 valence electrons. The Bertz CT molecular complexity index is 384. The minimum Gasteiger partial charge on any atom is -0.391 e. The molecule has 1 aromatic carbocycles. The highest BCUT2D eigenvalue weighted by Gasteiger charge is 2.26. The number of nitrogens with two attached hydrogens (primary N) is 1. The molecule has 5 heteroatoms. The van der Waals surface area contributed by atoms with Gasteiger partial charge >= 0.3 is 0 Å². The van der Waals surface area contributed by atoms with Gasteiger partial charge in [-0.1, -0.05) is 25.4 Å². The molecule has 0 radical (unpaired) electrons. The summed E-state index contributed by atoms with van der Waals surface area (Å²) in [5.74, 6) is -1.91. The number of aliphatic hydroxyl groups excluding tert-OH is 1. The van der Waals surface area contributed by atoms with Crippen molar-refractivity contribution in [2.45, 2.75) is 26.0 Å². The molecule has 2 atom stereocenters. The molecule has 0 aromatic heterocycles. The zero-order valence-corrected chi connectivity index (χ0v) is 9.80. The Morgan fingerprint density at radius 3 is 2.38 bits per heavy atom. The van der Waals surface area contributed by atoms with Crippen LogP contribution in [0.25, 0.3) is 0 Å². The predicted octanol–water partition coefficient (Wildman–Crippen LogP) is 2.63. The van der Waals surface area contributed by atoms with Gasteiger partial charge in [-0.05, 0) is 18.1 Å². The van der Waals surface area contributed by atoms with E-state index in [1.54, 1.807) is 13.8 Å².